The fourth-order valence-corrected chi connectivity index (χ4v) is 3.36. The summed E-state index contributed by atoms with van der Waals surface area (Å²) in [4.78, 5) is 0. The molecule has 1 aromatic rings. The first kappa shape index (κ1) is 13.1. The van der Waals surface area contributed by atoms with Crippen LogP contribution in [0.5, 0.6) is 0 Å². The standard InChI is InChI=1S/C15H22BrN/c1-10-6-8-12(9-7-10)15(17)13-5-3-4-11(2)14(13)16/h3-5,10,12,15H,6-9,17H2,1-2H3. The first-order valence-corrected chi connectivity index (χ1v) is 7.39. The molecule has 0 spiro atoms. The molecular formula is C15H22BrN. The van der Waals surface area contributed by atoms with Crippen LogP contribution in [0.3, 0.4) is 0 Å². The summed E-state index contributed by atoms with van der Waals surface area (Å²) >= 11 is 3.68. The highest BCUT2D eigenvalue weighted by Gasteiger charge is 2.25. The van der Waals surface area contributed by atoms with E-state index in [-0.39, 0.29) is 6.04 Å². The molecule has 1 nitrogen and oxygen atoms in total. The summed E-state index contributed by atoms with van der Waals surface area (Å²) in [5, 5.41) is 0. The molecule has 1 aliphatic rings. The van der Waals surface area contributed by atoms with Gasteiger partial charge >= 0.3 is 0 Å². The maximum atomic E-state index is 6.45. The summed E-state index contributed by atoms with van der Waals surface area (Å²) in [6.07, 6.45) is 5.23. The van der Waals surface area contributed by atoms with Gasteiger partial charge in [-0.05, 0) is 42.7 Å². The summed E-state index contributed by atoms with van der Waals surface area (Å²) in [6, 6.07) is 6.60. The normalized spacial score (nSPS) is 26.8. The highest BCUT2D eigenvalue weighted by molar-refractivity contribution is 9.10. The molecule has 17 heavy (non-hydrogen) atoms. The van der Waals surface area contributed by atoms with Gasteiger partial charge in [0.1, 0.15) is 0 Å². The zero-order valence-corrected chi connectivity index (χ0v) is 12.3. The van der Waals surface area contributed by atoms with Gasteiger partial charge in [-0.25, -0.2) is 0 Å². The van der Waals surface area contributed by atoms with E-state index in [1.807, 2.05) is 0 Å². The Bertz CT molecular complexity index is 381. The molecule has 1 aromatic carbocycles. The van der Waals surface area contributed by atoms with Crippen LogP contribution in [0.1, 0.15) is 49.8 Å². The number of benzene rings is 1. The minimum atomic E-state index is 0.191. The third-order valence-electron chi connectivity index (χ3n) is 4.15. The molecule has 0 aliphatic heterocycles. The van der Waals surface area contributed by atoms with Gasteiger partial charge in [-0.1, -0.05) is 53.9 Å². The predicted octanol–water partition coefficient (Wildman–Crippen LogP) is 4.58. The predicted molar refractivity (Wildman–Crippen MR) is 76.9 cm³/mol. The summed E-state index contributed by atoms with van der Waals surface area (Å²) in [7, 11) is 0. The Kier molecular flexibility index (Phi) is 4.26. The molecule has 0 bridgehead atoms. The van der Waals surface area contributed by atoms with Crippen molar-refractivity contribution in [1.82, 2.24) is 0 Å². The number of rotatable bonds is 2. The molecule has 0 heterocycles. The molecule has 1 saturated carbocycles. The third-order valence-corrected chi connectivity index (χ3v) is 5.23. The van der Waals surface area contributed by atoms with Gasteiger partial charge in [0.15, 0.2) is 0 Å². The molecule has 1 aliphatic carbocycles. The molecule has 0 amide bonds. The highest BCUT2D eigenvalue weighted by Crippen LogP contribution is 2.38. The van der Waals surface area contributed by atoms with E-state index in [4.69, 9.17) is 5.73 Å². The van der Waals surface area contributed by atoms with Crippen molar-refractivity contribution in [2.75, 3.05) is 0 Å². The van der Waals surface area contributed by atoms with Crippen LogP contribution in [0, 0.1) is 18.8 Å². The van der Waals surface area contributed by atoms with Crippen LogP contribution in [0.4, 0.5) is 0 Å². The van der Waals surface area contributed by atoms with Crippen LogP contribution in [0.2, 0.25) is 0 Å². The van der Waals surface area contributed by atoms with E-state index < -0.39 is 0 Å². The van der Waals surface area contributed by atoms with Crippen LogP contribution in [-0.2, 0) is 0 Å². The van der Waals surface area contributed by atoms with Gasteiger partial charge in [0.25, 0.3) is 0 Å². The van der Waals surface area contributed by atoms with Crippen molar-refractivity contribution in [1.29, 1.82) is 0 Å². The Morgan fingerprint density at radius 2 is 1.88 bits per heavy atom. The number of nitrogens with two attached hydrogens (primary N) is 1. The lowest BCUT2D eigenvalue weighted by Crippen LogP contribution is -2.25. The Balaban J connectivity index is 2.14. The summed E-state index contributed by atoms with van der Waals surface area (Å²) in [6.45, 7) is 4.48. The molecular weight excluding hydrogens is 274 g/mol. The molecule has 94 valence electrons. The zero-order chi connectivity index (χ0) is 12.4. The quantitative estimate of drug-likeness (QED) is 0.849. The number of aryl methyl sites for hydroxylation is 1. The van der Waals surface area contributed by atoms with Crippen LogP contribution in [-0.4, -0.2) is 0 Å². The summed E-state index contributed by atoms with van der Waals surface area (Å²) < 4.78 is 1.20. The van der Waals surface area contributed by atoms with E-state index in [0.717, 1.165) is 5.92 Å². The van der Waals surface area contributed by atoms with E-state index in [1.54, 1.807) is 0 Å². The first-order valence-electron chi connectivity index (χ1n) is 6.60. The van der Waals surface area contributed by atoms with Gasteiger partial charge in [-0.3, -0.25) is 0 Å². The van der Waals surface area contributed by atoms with Crippen molar-refractivity contribution < 1.29 is 0 Å². The monoisotopic (exact) mass is 295 g/mol. The van der Waals surface area contributed by atoms with Crippen molar-refractivity contribution >= 4 is 15.9 Å². The third kappa shape index (κ3) is 2.92. The average Bonchev–Trinajstić information content (AvgIpc) is 2.33. The Morgan fingerprint density at radius 1 is 1.24 bits per heavy atom. The molecule has 1 unspecified atom stereocenters. The van der Waals surface area contributed by atoms with Gasteiger partial charge in [0, 0.05) is 10.5 Å². The van der Waals surface area contributed by atoms with Crippen molar-refractivity contribution in [3.63, 3.8) is 0 Å². The van der Waals surface area contributed by atoms with E-state index >= 15 is 0 Å². The van der Waals surface area contributed by atoms with E-state index in [9.17, 15) is 0 Å². The van der Waals surface area contributed by atoms with Crippen molar-refractivity contribution in [3.8, 4) is 0 Å². The highest BCUT2D eigenvalue weighted by atomic mass is 79.9. The van der Waals surface area contributed by atoms with E-state index in [1.165, 1.54) is 41.3 Å². The van der Waals surface area contributed by atoms with E-state index in [2.05, 4.69) is 48.0 Å². The second-order valence-electron chi connectivity index (χ2n) is 5.52. The van der Waals surface area contributed by atoms with Crippen molar-refractivity contribution in [3.05, 3.63) is 33.8 Å². The van der Waals surface area contributed by atoms with Crippen LogP contribution >= 0.6 is 15.9 Å². The van der Waals surface area contributed by atoms with Gasteiger partial charge in [-0.2, -0.15) is 0 Å². The zero-order valence-electron chi connectivity index (χ0n) is 10.7. The summed E-state index contributed by atoms with van der Waals surface area (Å²) in [5.74, 6) is 1.55. The van der Waals surface area contributed by atoms with Gasteiger partial charge in [0.2, 0.25) is 0 Å². The van der Waals surface area contributed by atoms with Crippen LogP contribution in [0.15, 0.2) is 22.7 Å². The first-order chi connectivity index (χ1) is 8.09. The van der Waals surface area contributed by atoms with Crippen LogP contribution < -0.4 is 5.73 Å². The molecule has 0 aromatic heterocycles. The fourth-order valence-electron chi connectivity index (χ4n) is 2.83. The minimum Gasteiger partial charge on any atom is -0.324 e. The topological polar surface area (TPSA) is 26.0 Å². The fraction of sp³-hybridized carbons (Fsp3) is 0.600. The lowest BCUT2D eigenvalue weighted by atomic mass is 9.77. The number of hydrogen-bond donors (Lipinski definition) is 1. The molecule has 0 saturated heterocycles. The second-order valence-corrected chi connectivity index (χ2v) is 6.32. The molecule has 2 rings (SSSR count). The molecule has 2 heteroatoms. The average molecular weight is 296 g/mol. The molecule has 0 radical (unpaired) electrons. The lowest BCUT2D eigenvalue weighted by molar-refractivity contribution is 0.255. The number of halogens is 1. The SMILES string of the molecule is Cc1cccc(C(N)C2CCC(C)CC2)c1Br. The maximum Gasteiger partial charge on any atom is 0.0334 e. The second kappa shape index (κ2) is 5.53. The molecule has 1 fully saturated rings. The van der Waals surface area contributed by atoms with Gasteiger partial charge in [-0.15, -0.1) is 0 Å². The molecule has 2 N–H and O–H groups in total. The smallest absolute Gasteiger partial charge is 0.0334 e. The van der Waals surface area contributed by atoms with Crippen LogP contribution in [0.25, 0.3) is 0 Å². The Morgan fingerprint density at radius 3 is 2.53 bits per heavy atom. The Hall–Kier alpha value is -0.340. The minimum absolute atomic E-state index is 0.191. The lowest BCUT2D eigenvalue weighted by Gasteiger charge is -2.31. The van der Waals surface area contributed by atoms with Gasteiger partial charge < -0.3 is 5.73 Å². The van der Waals surface area contributed by atoms with Crippen molar-refractivity contribution in [2.45, 2.75) is 45.6 Å². The van der Waals surface area contributed by atoms with Gasteiger partial charge in [0.05, 0.1) is 0 Å². The Labute approximate surface area is 113 Å². The number of hydrogen-bond acceptors (Lipinski definition) is 1. The maximum absolute atomic E-state index is 6.45. The van der Waals surface area contributed by atoms with Crippen molar-refractivity contribution in [2.24, 2.45) is 17.6 Å². The largest absolute Gasteiger partial charge is 0.324 e. The summed E-state index contributed by atoms with van der Waals surface area (Å²) in [5.41, 5.74) is 9.02. The molecule has 1 atom stereocenters. The van der Waals surface area contributed by atoms with E-state index in [0.29, 0.717) is 5.92 Å².